The Morgan fingerprint density at radius 3 is 2.48 bits per heavy atom. The van der Waals surface area contributed by atoms with Gasteiger partial charge in [-0.1, -0.05) is 31.4 Å². The van der Waals surface area contributed by atoms with Crippen LogP contribution < -0.4 is 10.1 Å². The molecule has 128 valence electrons. The Morgan fingerprint density at radius 2 is 1.87 bits per heavy atom. The summed E-state index contributed by atoms with van der Waals surface area (Å²) in [4.78, 5) is 11.9. The van der Waals surface area contributed by atoms with E-state index < -0.39 is 17.4 Å². The first-order valence-electron chi connectivity index (χ1n) is 7.71. The maximum atomic E-state index is 12.1. The van der Waals surface area contributed by atoms with Crippen LogP contribution in [0.4, 0.5) is 8.78 Å². The number of benzene rings is 1. The molecule has 1 N–H and O–H groups in total. The van der Waals surface area contributed by atoms with E-state index in [0.29, 0.717) is 0 Å². The van der Waals surface area contributed by atoms with Crippen molar-refractivity contribution in [1.29, 1.82) is 0 Å². The summed E-state index contributed by atoms with van der Waals surface area (Å²) in [6.07, 6.45) is 5.44. The van der Waals surface area contributed by atoms with Gasteiger partial charge in [0.25, 0.3) is 0 Å². The van der Waals surface area contributed by atoms with E-state index in [1.807, 2.05) is 0 Å². The molecule has 7 heteroatoms. The first kappa shape index (κ1) is 17.8. The molecule has 1 fully saturated rings. The lowest BCUT2D eigenvalue weighted by Crippen LogP contribution is -2.38. The van der Waals surface area contributed by atoms with E-state index in [1.54, 1.807) is 12.1 Å². The number of carbonyl (C=O) groups is 1. The summed E-state index contributed by atoms with van der Waals surface area (Å²) in [5, 5.41) is 2.93. The van der Waals surface area contributed by atoms with Crippen LogP contribution in [-0.4, -0.2) is 28.5 Å². The summed E-state index contributed by atoms with van der Waals surface area (Å²) in [5.74, 6) is 0.0520. The molecule has 0 spiro atoms. The second-order valence-corrected chi connectivity index (χ2v) is 7.11. The Labute approximate surface area is 137 Å². The SMILES string of the molecule is O=C(CS(=O)Cc1ccc(OC(F)F)cc1)NC1CCCCC1. The first-order chi connectivity index (χ1) is 11.0. The van der Waals surface area contributed by atoms with Crippen molar-refractivity contribution in [3.63, 3.8) is 0 Å². The van der Waals surface area contributed by atoms with Gasteiger partial charge in [0.2, 0.25) is 5.91 Å². The lowest BCUT2D eigenvalue weighted by molar-refractivity contribution is -0.119. The van der Waals surface area contributed by atoms with Crippen LogP contribution in [0.15, 0.2) is 24.3 Å². The third-order valence-electron chi connectivity index (χ3n) is 3.74. The first-order valence-corrected chi connectivity index (χ1v) is 9.20. The zero-order chi connectivity index (χ0) is 16.7. The number of carbonyl (C=O) groups excluding carboxylic acids is 1. The highest BCUT2D eigenvalue weighted by Gasteiger charge is 2.17. The second kappa shape index (κ2) is 8.96. The van der Waals surface area contributed by atoms with Gasteiger partial charge < -0.3 is 10.1 Å². The van der Waals surface area contributed by atoms with Gasteiger partial charge in [0.1, 0.15) is 11.5 Å². The highest BCUT2D eigenvalue weighted by molar-refractivity contribution is 7.84. The van der Waals surface area contributed by atoms with Crippen molar-refractivity contribution in [2.75, 3.05) is 5.75 Å². The molecule has 0 aromatic heterocycles. The number of rotatable bonds is 7. The maximum Gasteiger partial charge on any atom is 0.387 e. The lowest BCUT2D eigenvalue weighted by Gasteiger charge is -2.22. The summed E-state index contributed by atoms with van der Waals surface area (Å²) in [7, 11) is -1.32. The van der Waals surface area contributed by atoms with Crippen molar-refractivity contribution in [3.8, 4) is 5.75 Å². The molecule has 1 amide bonds. The molecule has 1 aromatic carbocycles. The molecule has 1 aliphatic rings. The van der Waals surface area contributed by atoms with Crippen molar-refractivity contribution in [2.24, 2.45) is 0 Å². The number of amides is 1. The van der Waals surface area contributed by atoms with Gasteiger partial charge in [-0.05, 0) is 30.5 Å². The fourth-order valence-corrected chi connectivity index (χ4v) is 3.71. The number of ether oxygens (including phenoxy) is 1. The topological polar surface area (TPSA) is 55.4 Å². The minimum absolute atomic E-state index is 0.0359. The van der Waals surface area contributed by atoms with Gasteiger partial charge in [-0.3, -0.25) is 9.00 Å². The quantitative estimate of drug-likeness (QED) is 0.826. The fraction of sp³-hybridized carbons (Fsp3) is 0.562. The van der Waals surface area contributed by atoms with E-state index in [4.69, 9.17) is 0 Å². The normalized spacial score (nSPS) is 17.0. The number of hydrogen-bond acceptors (Lipinski definition) is 3. The van der Waals surface area contributed by atoms with Gasteiger partial charge in [0.15, 0.2) is 0 Å². The predicted molar refractivity (Wildman–Crippen MR) is 84.8 cm³/mol. The predicted octanol–water partition coefficient (Wildman–Crippen LogP) is 2.99. The van der Waals surface area contributed by atoms with Crippen LogP contribution in [0.3, 0.4) is 0 Å². The molecule has 0 heterocycles. The highest BCUT2D eigenvalue weighted by Crippen LogP contribution is 2.18. The van der Waals surface area contributed by atoms with Crippen molar-refractivity contribution < 1.29 is 22.5 Å². The van der Waals surface area contributed by atoms with Gasteiger partial charge in [-0.2, -0.15) is 8.78 Å². The van der Waals surface area contributed by atoms with E-state index in [9.17, 15) is 17.8 Å². The third kappa shape index (κ3) is 6.64. The van der Waals surface area contributed by atoms with Crippen LogP contribution in [0.1, 0.15) is 37.7 Å². The Hall–Kier alpha value is -1.50. The molecule has 4 nitrogen and oxygen atoms in total. The molecule has 2 rings (SSSR count). The molecular weight excluding hydrogens is 324 g/mol. The molecule has 23 heavy (non-hydrogen) atoms. The second-order valence-electron chi connectivity index (χ2n) is 5.65. The van der Waals surface area contributed by atoms with Gasteiger partial charge in [0, 0.05) is 22.6 Å². The monoisotopic (exact) mass is 345 g/mol. The molecular formula is C16H21F2NO3S. The zero-order valence-corrected chi connectivity index (χ0v) is 13.6. The van der Waals surface area contributed by atoms with Crippen LogP contribution in [0.5, 0.6) is 5.75 Å². The maximum absolute atomic E-state index is 12.1. The van der Waals surface area contributed by atoms with E-state index in [1.165, 1.54) is 18.6 Å². The number of halogens is 2. The number of hydrogen-bond donors (Lipinski definition) is 1. The molecule has 0 saturated heterocycles. The van der Waals surface area contributed by atoms with Crippen molar-refractivity contribution in [2.45, 2.75) is 50.5 Å². The Morgan fingerprint density at radius 1 is 1.22 bits per heavy atom. The zero-order valence-electron chi connectivity index (χ0n) is 12.8. The van der Waals surface area contributed by atoms with Crippen LogP contribution in [-0.2, 0) is 21.3 Å². The van der Waals surface area contributed by atoms with E-state index in [-0.39, 0.29) is 29.2 Å². The van der Waals surface area contributed by atoms with Gasteiger partial charge >= 0.3 is 6.61 Å². The van der Waals surface area contributed by atoms with Crippen molar-refractivity contribution >= 4 is 16.7 Å². The van der Waals surface area contributed by atoms with Gasteiger partial charge in [-0.25, -0.2) is 0 Å². The van der Waals surface area contributed by atoms with E-state index >= 15 is 0 Å². The Balaban J connectivity index is 1.76. The van der Waals surface area contributed by atoms with Crippen molar-refractivity contribution in [1.82, 2.24) is 5.32 Å². The Kier molecular flexibility index (Phi) is 6.95. The average Bonchev–Trinajstić information content (AvgIpc) is 2.49. The van der Waals surface area contributed by atoms with E-state index in [2.05, 4.69) is 10.1 Å². The summed E-state index contributed by atoms with van der Waals surface area (Å²) < 4.78 is 40.4. The lowest BCUT2D eigenvalue weighted by atomic mass is 9.95. The molecule has 1 aromatic rings. The number of alkyl halides is 2. The largest absolute Gasteiger partial charge is 0.435 e. The van der Waals surface area contributed by atoms with Crippen LogP contribution in [0, 0.1) is 0 Å². The van der Waals surface area contributed by atoms with Crippen molar-refractivity contribution in [3.05, 3.63) is 29.8 Å². The molecule has 0 radical (unpaired) electrons. The standard InChI is InChI=1S/C16H21F2NO3S/c17-16(18)22-14-8-6-12(7-9-14)10-23(21)11-15(20)19-13-4-2-1-3-5-13/h6-9,13,16H,1-5,10-11H2,(H,19,20). The summed E-state index contributed by atoms with van der Waals surface area (Å²) in [6.45, 7) is -2.86. The van der Waals surface area contributed by atoms with Crippen LogP contribution in [0.2, 0.25) is 0 Å². The molecule has 0 bridgehead atoms. The van der Waals surface area contributed by atoms with Gasteiger partial charge in [0.05, 0.1) is 0 Å². The summed E-state index contributed by atoms with van der Waals surface area (Å²) in [5.41, 5.74) is 0.718. The third-order valence-corrected chi connectivity index (χ3v) is 4.98. The van der Waals surface area contributed by atoms with Gasteiger partial charge in [-0.15, -0.1) is 0 Å². The molecule has 0 aliphatic heterocycles. The van der Waals surface area contributed by atoms with Crippen LogP contribution >= 0.6 is 0 Å². The van der Waals surface area contributed by atoms with E-state index in [0.717, 1.165) is 31.2 Å². The smallest absolute Gasteiger partial charge is 0.387 e. The summed E-state index contributed by atoms with van der Waals surface area (Å²) >= 11 is 0. The molecule has 1 atom stereocenters. The highest BCUT2D eigenvalue weighted by atomic mass is 32.2. The average molecular weight is 345 g/mol. The molecule has 1 saturated carbocycles. The fourth-order valence-electron chi connectivity index (χ4n) is 2.67. The summed E-state index contributed by atoms with van der Waals surface area (Å²) in [6, 6.07) is 6.17. The Bertz CT molecular complexity index is 531. The minimum Gasteiger partial charge on any atom is -0.435 e. The number of nitrogens with one attached hydrogen (secondary N) is 1. The van der Waals surface area contributed by atoms with Crippen LogP contribution in [0.25, 0.3) is 0 Å². The molecule has 1 aliphatic carbocycles. The molecule has 1 unspecified atom stereocenters. The minimum atomic E-state index is -2.86.